The molecule has 18 heteroatoms. The molecule has 3 fully saturated rings. The molecular formula is C40H45Cl2F2N3O10S. The maximum atomic E-state index is 14.2. The standard InChI is InChI=1S/C40H45Cl2F2N3O10S/c1-40(2,3)57-36(48)20-47(58(51)52)31-15-26(11-12-32(31)53-21-23-6-7-23)37(49)46-14-4-5-30(46)38(50)55-34(17-27-28(41)18-45-19-29(27)42)25-10-13-33(56-39(43)44)35(16-25)54-22-24-8-9-24/h10-13,15-16,18-19,23-24,30,34,39,58H,4-9,14,17,20-22H2,1-3H3/t30-,34-/m0/s1. The van der Waals surface area contributed by atoms with E-state index in [1.54, 1.807) is 20.8 Å². The molecule has 2 heterocycles. The Labute approximate surface area is 346 Å². The van der Waals surface area contributed by atoms with E-state index in [9.17, 15) is 31.6 Å². The second-order valence-corrected chi connectivity index (χ2v) is 17.3. The molecule has 58 heavy (non-hydrogen) atoms. The van der Waals surface area contributed by atoms with Gasteiger partial charge in [0.1, 0.15) is 30.0 Å². The number of halogens is 4. The van der Waals surface area contributed by atoms with Gasteiger partial charge in [0.15, 0.2) is 11.5 Å². The average molecular weight is 869 g/mol. The van der Waals surface area contributed by atoms with Gasteiger partial charge in [-0.3, -0.25) is 18.9 Å². The van der Waals surface area contributed by atoms with E-state index in [4.69, 9.17) is 46.9 Å². The van der Waals surface area contributed by atoms with Gasteiger partial charge in [-0.1, -0.05) is 29.3 Å². The molecule has 3 aliphatic rings. The lowest BCUT2D eigenvalue weighted by molar-refractivity contribution is -0.154. The Kier molecular flexibility index (Phi) is 13.9. The first-order chi connectivity index (χ1) is 27.6. The highest BCUT2D eigenvalue weighted by atomic mass is 35.5. The molecule has 1 aliphatic heterocycles. The first kappa shape index (κ1) is 43.2. The van der Waals surface area contributed by atoms with E-state index in [2.05, 4.69) is 4.98 Å². The fourth-order valence-corrected chi connectivity index (χ4v) is 7.48. The van der Waals surface area contributed by atoms with E-state index >= 15 is 0 Å². The average Bonchev–Trinajstić information content (AvgIpc) is 4.10. The molecule has 314 valence electrons. The predicted molar refractivity (Wildman–Crippen MR) is 210 cm³/mol. The molecule has 0 bridgehead atoms. The van der Waals surface area contributed by atoms with Crippen LogP contribution in [-0.2, 0) is 36.4 Å². The monoisotopic (exact) mass is 867 g/mol. The van der Waals surface area contributed by atoms with Gasteiger partial charge in [0, 0.05) is 30.9 Å². The minimum Gasteiger partial charge on any atom is -0.491 e. The first-order valence-electron chi connectivity index (χ1n) is 19.0. The van der Waals surface area contributed by atoms with Crippen LogP contribution in [0.1, 0.15) is 86.9 Å². The van der Waals surface area contributed by atoms with Gasteiger partial charge in [0.2, 0.25) is 10.9 Å². The number of rotatable bonds is 18. The molecule has 0 spiro atoms. The number of pyridine rings is 1. The second kappa shape index (κ2) is 18.7. The van der Waals surface area contributed by atoms with Crippen LogP contribution >= 0.6 is 23.2 Å². The van der Waals surface area contributed by atoms with E-state index in [-0.39, 0.29) is 70.5 Å². The van der Waals surface area contributed by atoms with Gasteiger partial charge in [0.05, 0.1) is 28.9 Å². The third-order valence-corrected chi connectivity index (χ3v) is 11.1. The van der Waals surface area contributed by atoms with Crippen LogP contribution in [0.4, 0.5) is 14.5 Å². The number of carbonyl (C=O) groups excluding carboxylic acids is 3. The van der Waals surface area contributed by atoms with Crippen molar-refractivity contribution in [3.63, 3.8) is 0 Å². The summed E-state index contributed by atoms with van der Waals surface area (Å²) < 4.78 is 80.8. The number of carbonyl (C=O) groups is 3. The van der Waals surface area contributed by atoms with Crippen molar-refractivity contribution >= 4 is 57.6 Å². The zero-order valence-electron chi connectivity index (χ0n) is 32.2. The summed E-state index contributed by atoms with van der Waals surface area (Å²) in [5.74, 6) is -1.55. The Morgan fingerprint density at radius 3 is 2.16 bits per heavy atom. The maximum Gasteiger partial charge on any atom is 0.387 e. The molecule has 0 unspecified atom stereocenters. The summed E-state index contributed by atoms with van der Waals surface area (Å²) in [7, 11) is -3.40. The van der Waals surface area contributed by atoms with Crippen LogP contribution in [0.3, 0.4) is 0 Å². The zero-order chi connectivity index (χ0) is 41.7. The smallest absolute Gasteiger partial charge is 0.387 e. The first-order valence-corrected chi connectivity index (χ1v) is 20.9. The van der Waals surface area contributed by atoms with Crippen molar-refractivity contribution in [1.29, 1.82) is 0 Å². The van der Waals surface area contributed by atoms with Crippen LogP contribution in [0.2, 0.25) is 10.0 Å². The Bertz CT molecular complexity index is 2050. The second-order valence-electron chi connectivity index (χ2n) is 15.5. The van der Waals surface area contributed by atoms with E-state index in [0.717, 1.165) is 30.0 Å². The fourth-order valence-electron chi connectivity index (χ4n) is 6.40. The lowest BCUT2D eigenvalue weighted by atomic mass is 10.0. The highest BCUT2D eigenvalue weighted by Gasteiger charge is 2.38. The van der Waals surface area contributed by atoms with Crippen molar-refractivity contribution in [3.8, 4) is 17.2 Å². The highest BCUT2D eigenvalue weighted by molar-refractivity contribution is 7.74. The number of anilines is 1. The highest BCUT2D eigenvalue weighted by Crippen LogP contribution is 2.39. The molecule has 1 amide bonds. The number of aromatic nitrogens is 1. The third-order valence-electron chi connectivity index (χ3n) is 9.66. The molecule has 13 nitrogen and oxygen atoms in total. The molecule has 3 aromatic rings. The van der Waals surface area contributed by atoms with Gasteiger partial charge in [-0.25, -0.2) is 13.2 Å². The molecule has 2 saturated carbocycles. The molecule has 0 radical (unpaired) electrons. The number of ether oxygens (including phenoxy) is 5. The number of likely N-dealkylation sites (tertiary alicyclic amines) is 1. The number of hydrogen-bond donors (Lipinski definition) is 1. The molecule has 1 saturated heterocycles. The summed E-state index contributed by atoms with van der Waals surface area (Å²) >= 11 is 13.0. The minimum absolute atomic E-state index is 0.0306. The van der Waals surface area contributed by atoms with Gasteiger partial charge in [-0.15, -0.1) is 0 Å². The predicted octanol–water partition coefficient (Wildman–Crippen LogP) is 7.37. The Morgan fingerprint density at radius 1 is 0.914 bits per heavy atom. The van der Waals surface area contributed by atoms with E-state index in [1.807, 2.05) is 0 Å². The number of nitrogens with zero attached hydrogens (tertiary/aromatic N) is 3. The minimum atomic E-state index is -3.40. The van der Waals surface area contributed by atoms with Crippen LogP contribution in [0, 0.1) is 11.8 Å². The van der Waals surface area contributed by atoms with E-state index < -0.39 is 59.6 Å². The Hall–Kier alpha value is -4.41. The number of benzene rings is 2. The van der Waals surface area contributed by atoms with Gasteiger partial charge in [-0.2, -0.15) is 8.78 Å². The van der Waals surface area contributed by atoms with Gasteiger partial charge < -0.3 is 28.6 Å². The third kappa shape index (κ3) is 11.6. The normalized spacial score (nSPS) is 17.3. The molecular weight excluding hydrogens is 823 g/mol. The topological polar surface area (TPSA) is 151 Å². The fraction of sp³-hybridized carbons (Fsp3) is 0.500. The number of alkyl halides is 2. The molecule has 2 aliphatic carbocycles. The number of hydrogen-bond acceptors (Lipinski definition) is 11. The van der Waals surface area contributed by atoms with Crippen LogP contribution < -0.4 is 18.5 Å². The van der Waals surface area contributed by atoms with Crippen molar-refractivity contribution in [2.75, 3.05) is 30.6 Å². The van der Waals surface area contributed by atoms with Crippen LogP contribution in [0.15, 0.2) is 48.8 Å². The largest absolute Gasteiger partial charge is 0.491 e. The van der Waals surface area contributed by atoms with Crippen molar-refractivity contribution in [2.45, 2.75) is 90.1 Å². The van der Waals surface area contributed by atoms with Crippen molar-refractivity contribution in [3.05, 3.63) is 75.5 Å². The van der Waals surface area contributed by atoms with E-state index in [1.165, 1.54) is 53.7 Å². The summed E-state index contributed by atoms with van der Waals surface area (Å²) in [6, 6.07) is 7.45. The summed E-state index contributed by atoms with van der Waals surface area (Å²) in [5.41, 5.74) is -0.0965. The Balaban J connectivity index is 1.28. The SMILES string of the molecule is CC(C)(C)OC(=O)CN(c1cc(C(=O)N2CCC[C@H]2C(=O)O[C@@H](Cc2c(Cl)cncc2Cl)c2ccc(OC(F)F)c(OCC3CC3)c2)ccc1OCC1CC1)[SH](=O)=O. The summed E-state index contributed by atoms with van der Waals surface area (Å²) in [4.78, 5) is 46.5. The zero-order valence-corrected chi connectivity index (χ0v) is 34.6. The van der Waals surface area contributed by atoms with Gasteiger partial charge >= 0.3 is 18.6 Å². The van der Waals surface area contributed by atoms with Gasteiger partial charge in [0.25, 0.3) is 5.91 Å². The lowest BCUT2D eigenvalue weighted by Crippen LogP contribution is -2.42. The van der Waals surface area contributed by atoms with Crippen LogP contribution in [0.5, 0.6) is 17.2 Å². The molecule has 1 aromatic heterocycles. The van der Waals surface area contributed by atoms with Crippen LogP contribution in [0.25, 0.3) is 0 Å². The summed E-state index contributed by atoms with van der Waals surface area (Å²) in [6.45, 7) is 1.98. The van der Waals surface area contributed by atoms with Gasteiger partial charge in [-0.05, 0) is 113 Å². The summed E-state index contributed by atoms with van der Waals surface area (Å²) in [6.07, 6.45) is 6.16. The van der Waals surface area contributed by atoms with E-state index in [0.29, 0.717) is 30.1 Å². The number of thiol groups is 1. The summed E-state index contributed by atoms with van der Waals surface area (Å²) in [5, 5.41) is 0.407. The molecule has 6 rings (SSSR count). The number of esters is 2. The van der Waals surface area contributed by atoms with Crippen molar-refractivity contribution in [2.24, 2.45) is 11.8 Å². The Morgan fingerprint density at radius 2 is 1.55 bits per heavy atom. The molecule has 2 aromatic carbocycles. The quantitative estimate of drug-likeness (QED) is 0.101. The number of amides is 1. The maximum absolute atomic E-state index is 14.2. The van der Waals surface area contributed by atoms with Crippen molar-refractivity contribution in [1.82, 2.24) is 9.88 Å². The van der Waals surface area contributed by atoms with Crippen LogP contribution in [-0.4, -0.2) is 80.7 Å². The van der Waals surface area contributed by atoms with Crippen molar-refractivity contribution < 1.29 is 55.3 Å². The lowest BCUT2D eigenvalue weighted by Gasteiger charge is -2.28. The molecule has 0 N–H and O–H groups in total. The molecule has 2 atom stereocenters.